The van der Waals surface area contributed by atoms with Gasteiger partial charge in [0.2, 0.25) is 0 Å². The van der Waals surface area contributed by atoms with E-state index in [1.54, 1.807) is 13.0 Å². The number of halogens is 2. The fourth-order valence-electron chi connectivity index (χ4n) is 2.51. The maximum Gasteiger partial charge on any atom is 0.311 e. The standard InChI is InChI=1S/C20H18ClFN2O2S/c1-2-26-20(25)11-15-10-19(24-18-6-4-3-5-17(18)23-15)27-12-13-7-8-14(22)9-16(13)21/h3-10,23H,2,11-12H2,1H3. The minimum Gasteiger partial charge on any atom is -0.466 e. The number of hydrogen-bond acceptors (Lipinski definition) is 5. The van der Waals surface area contributed by atoms with Crippen molar-refractivity contribution in [3.8, 4) is 0 Å². The topological polar surface area (TPSA) is 50.7 Å². The molecule has 0 atom stereocenters. The quantitative estimate of drug-likeness (QED) is 0.649. The summed E-state index contributed by atoms with van der Waals surface area (Å²) in [5, 5.41) is 4.36. The number of carbonyl (C=O) groups is 1. The van der Waals surface area contributed by atoms with Gasteiger partial charge in [-0.25, -0.2) is 9.38 Å². The average molecular weight is 405 g/mol. The van der Waals surface area contributed by atoms with Gasteiger partial charge in [0, 0.05) is 16.5 Å². The van der Waals surface area contributed by atoms with Crippen LogP contribution in [0.5, 0.6) is 0 Å². The van der Waals surface area contributed by atoms with Gasteiger partial charge in [-0.3, -0.25) is 4.79 Å². The van der Waals surface area contributed by atoms with Gasteiger partial charge < -0.3 is 10.1 Å². The second-order valence-electron chi connectivity index (χ2n) is 5.77. The smallest absolute Gasteiger partial charge is 0.311 e. The molecule has 1 aliphatic heterocycles. The van der Waals surface area contributed by atoms with Gasteiger partial charge in [-0.2, -0.15) is 0 Å². The lowest BCUT2D eigenvalue weighted by molar-refractivity contribution is -0.142. The lowest BCUT2D eigenvalue weighted by Crippen LogP contribution is -2.10. The van der Waals surface area contributed by atoms with E-state index in [0.29, 0.717) is 23.1 Å². The molecule has 0 spiro atoms. The molecule has 0 bridgehead atoms. The second-order valence-corrected chi connectivity index (χ2v) is 7.17. The van der Waals surface area contributed by atoms with Crippen LogP contribution in [0.3, 0.4) is 0 Å². The maximum absolute atomic E-state index is 13.2. The van der Waals surface area contributed by atoms with Crippen molar-refractivity contribution in [1.82, 2.24) is 0 Å². The molecule has 27 heavy (non-hydrogen) atoms. The van der Waals surface area contributed by atoms with Gasteiger partial charge in [0.25, 0.3) is 0 Å². The highest BCUT2D eigenvalue weighted by molar-refractivity contribution is 8.13. The van der Waals surface area contributed by atoms with Gasteiger partial charge in [0.15, 0.2) is 0 Å². The number of anilines is 1. The lowest BCUT2D eigenvalue weighted by Gasteiger charge is -2.10. The Bertz CT molecular complexity index is 915. The van der Waals surface area contributed by atoms with Crippen LogP contribution in [0.25, 0.3) is 0 Å². The number of para-hydroxylation sites is 2. The van der Waals surface area contributed by atoms with Crippen LogP contribution in [0.2, 0.25) is 5.02 Å². The molecule has 7 heteroatoms. The molecule has 0 amide bonds. The van der Waals surface area contributed by atoms with Crippen LogP contribution in [0, 0.1) is 5.82 Å². The zero-order valence-electron chi connectivity index (χ0n) is 14.7. The van der Waals surface area contributed by atoms with Crippen LogP contribution in [0.1, 0.15) is 18.9 Å². The third-order valence-corrected chi connectivity index (χ3v) is 5.07. The van der Waals surface area contributed by atoms with Crippen molar-refractivity contribution in [1.29, 1.82) is 0 Å². The fourth-order valence-corrected chi connectivity index (χ4v) is 3.77. The highest BCUT2D eigenvalue weighted by Crippen LogP contribution is 2.32. The first kappa shape index (κ1) is 19.5. The van der Waals surface area contributed by atoms with Crippen LogP contribution < -0.4 is 5.32 Å². The number of fused-ring (bicyclic) bond motifs is 1. The summed E-state index contributed by atoms with van der Waals surface area (Å²) in [7, 11) is 0. The third kappa shape index (κ3) is 5.34. The molecule has 4 nitrogen and oxygen atoms in total. The number of ether oxygens (including phenoxy) is 1. The molecule has 140 valence electrons. The van der Waals surface area contributed by atoms with Crippen molar-refractivity contribution >= 4 is 45.8 Å². The number of esters is 1. The van der Waals surface area contributed by atoms with E-state index in [1.165, 1.54) is 23.9 Å². The largest absolute Gasteiger partial charge is 0.466 e. The molecule has 3 rings (SSSR count). The Hall–Kier alpha value is -2.31. The van der Waals surface area contributed by atoms with Crippen molar-refractivity contribution < 1.29 is 13.9 Å². The number of aliphatic imine (C=N–C) groups is 1. The van der Waals surface area contributed by atoms with E-state index in [-0.39, 0.29) is 18.2 Å². The van der Waals surface area contributed by atoms with Gasteiger partial charge in [0.05, 0.1) is 29.4 Å². The minimum absolute atomic E-state index is 0.124. The number of nitrogens with zero attached hydrogens (tertiary/aromatic N) is 1. The van der Waals surface area contributed by atoms with Crippen molar-refractivity contribution in [3.05, 3.63) is 70.6 Å². The van der Waals surface area contributed by atoms with Crippen LogP contribution in [-0.4, -0.2) is 17.6 Å². The summed E-state index contributed by atoms with van der Waals surface area (Å²) >= 11 is 7.58. The molecule has 2 aromatic rings. The summed E-state index contributed by atoms with van der Waals surface area (Å²) in [6, 6.07) is 12.0. The van der Waals surface area contributed by atoms with Crippen molar-refractivity contribution in [3.63, 3.8) is 0 Å². The molecular weight excluding hydrogens is 387 g/mol. The van der Waals surface area contributed by atoms with Gasteiger partial charge in [-0.15, -0.1) is 11.8 Å². The molecule has 0 aliphatic carbocycles. The first-order valence-electron chi connectivity index (χ1n) is 8.43. The number of rotatable bonds is 5. The summed E-state index contributed by atoms with van der Waals surface area (Å²) < 4.78 is 18.3. The van der Waals surface area contributed by atoms with Crippen LogP contribution in [0.4, 0.5) is 15.8 Å². The molecule has 0 aromatic heterocycles. The molecule has 0 unspecified atom stereocenters. The number of benzene rings is 2. The summed E-state index contributed by atoms with van der Waals surface area (Å²) in [4.78, 5) is 16.6. The fraction of sp³-hybridized carbons (Fsp3) is 0.200. The van der Waals surface area contributed by atoms with Gasteiger partial charge >= 0.3 is 5.97 Å². The Morgan fingerprint density at radius 2 is 2.11 bits per heavy atom. The van der Waals surface area contributed by atoms with Crippen LogP contribution in [-0.2, 0) is 15.3 Å². The van der Waals surface area contributed by atoms with Crippen molar-refractivity contribution in [2.24, 2.45) is 4.99 Å². The zero-order valence-corrected chi connectivity index (χ0v) is 16.2. The predicted molar refractivity (Wildman–Crippen MR) is 109 cm³/mol. The molecule has 2 aromatic carbocycles. The Morgan fingerprint density at radius 1 is 1.30 bits per heavy atom. The van der Waals surface area contributed by atoms with Gasteiger partial charge in [0.1, 0.15) is 5.82 Å². The molecule has 0 saturated heterocycles. The number of hydrogen-bond donors (Lipinski definition) is 1. The Balaban J connectivity index is 1.83. The maximum atomic E-state index is 13.2. The molecule has 0 radical (unpaired) electrons. The van der Waals surface area contributed by atoms with Crippen LogP contribution >= 0.6 is 23.4 Å². The lowest BCUT2D eigenvalue weighted by atomic mass is 10.2. The average Bonchev–Trinajstić information content (AvgIpc) is 2.79. The minimum atomic E-state index is -0.365. The summed E-state index contributed by atoms with van der Waals surface area (Å²) in [6.07, 6.45) is 1.96. The predicted octanol–water partition coefficient (Wildman–Crippen LogP) is 5.71. The highest BCUT2D eigenvalue weighted by atomic mass is 35.5. The summed E-state index contributed by atoms with van der Waals surface area (Å²) in [5.41, 5.74) is 3.12. The zero-order chi connectivity index (χ0) is 19.2. The Morgan fingerprint density at radius 3 is 2.89 bits per heavy atom. The van der Waals surface area contributed by atoms with Crippen molar-refractivity contribution in [2.75, 3.05) is 11.9 Å². The Labute approximate surface area is 166 Å². The van der Waals surface area contributed by atoms with E-state index in [9.17, 15) is 9.18 Å². The van der Waals surface area contributed by atoms with Gasteiger partial charge in [-0.1, -0.05) is 29.8 Å². The number of thioether (sulfide) groups is 1. The summed E-state index contributed by atoms with van der Waals surface area (Å²) in [6.45, 7) is 2.11. The molecule has 0 fully saturated rings. The molecule has 1 N–H and O–H groups in total. The molecule has 1 aliphatic rings. The molecule has 0 saturated carbocycles. The van der Waals surface area contributed by atoms with Crippen LogP contribution in [0.15, 0.2) is 59.2 Å². The van der Waals surface area contributed by atoms with E-state index >= 15 is 0 Å². The first-order chi connectivity index (χ1) is 13.0. The normalized spacial score (nSPS) is 13.0. The van der Waals surface area contributed by atoms with E-state index in [1.807, 2.05) is 30.3 Å². The summed E-state index contributed by atoms with van der Waals surface area (Å²) in [5.74, 6) is -0.139. The van der Waals surface area contributed by atoms with E-state index < -0.39 is 0 Å². The first-order valence-corrected chi connectivity index (χ1v) is 9.79. The number of carbonyl (C=O) groups excluding carboxylic acids is 1. The second kappa shape index (κ2) is 9.06. The van der Waals surface area contributed by atoms with E-state index in [2.05, 4.69) is 10.3 Å². The SMILES string of the molecule is CCOC(=O)CC1=CC(SCc2ccc(F)cc2Cl)=Nc2ccccc2N1. The Kier molecular flexibility index (Phi) is 6.53. The van der Waals surface area contributed by atoms with E-state index in [0.717, 1.165) is 22.0 Å². The molecule has 1 heterocycles. The monoisotopic (exact) mass is 404 g/mol. The van der Waals surface area contributed by atoms with Crippen molar-refractivity contribution in [2.45, 2.75) is 19.1 Å². The number of nitrogens with one attached hydrogen (secondary N) is 1. The van der Waals surface area contributed by atoms with Gasteiger partial charge in [-0.05, 0) is 42.8 Å². The third-order valence-electron chi connectivity index (χ3n) is 3.76. The molecular formula is C20H18ClFN2O2S. The van der Waals surface area contributed by atoms with E-state index in [4.69, 9.17) is 16.3 Å². The highest BCUT2D eigenvalue weighted by Gasteiger charge is 2.15.